The van der Waals surface area contributed by atoms with Gasteiger partial charge in [0, 0.05) is 12.6 Å². The van der Waals surface area contributed by atoms with E-state index in [0.717, 1.165) is 13.1 Å². The van der Waals surface area contributed by atoms with Gasteiger partial charge in [0.2, 0.25) is 0 Å². The summed E-state index contributed by atoms with van der Waals surface area (Å²) in [6.45, 7) is 3.35. The predicted molar refractivity (Wildman–Crippen MR) is 60.2 cm³/mol. The van der Waals surface area contributed by atoms with E-state index in [4.69, 9.17) is 6.42 Å². The molecule has 2 atom stereocenters. The Morgan fingerprint density at radius 3 is 2.71 bits per heavy atom. The summed E-state index contributed by atoms with van der Waals surface area (Å²) >= 11 is 0. The quantitative estimate of drug-likeness (QED) is 0.618. The van der Waals surface area contributed by atoms with E-state index in [-0.39, 0.29) is 6.04 Å². The minimum Gasteiger partial charge on any atom is -0.305 e. The maximum Gasteiger partial charge on any atom is 0.0854 e. The molecule has 3 heteroatoms. The first-order valence-corrected chi connectivity index (χ1v) is 5.21. The summed E-state index contributed by atoms with van der Waals surface area (Å²) < 4.78 is 0. The number of likely N-dealkylation sites (N-methyl/N-ethyl adjacent to an activating group) is 3. The van der Waals surface area contributed by atoms with Crippen molar-refractivity contribution in [1.82, 2.24) is 15.1 Å². The fraction of sp³-hybridized carbons (Fsp3) is 0.818. The molecular weight excluding hydrogens is 174 g/mol. The van der Waals surface area contributed by atoms with Crippen LogP contribution in [0.25, 0.3) is 0 Å². The van der Waals surface area contributed by atoms with Crippen molar-refractivity contribution in [3.05, 3.63) is 0 Å². The van der Waals surface area contributed by atoms with Gasteiger partial charge in [0.25, 0.3) is 0 Å². The molecule has 0 aromatic carbocycles. The molecule has 0 radical (unpaired) electrons. The third kappa shape index (κ3) is 2.71. The lowest BCUT2D eigenvalue weighted by molar-refractivity contribution is 0.203. The summed E-state index contributed by atoms with van der Waals surface area (Å²) in [5.74, 6) is 2.82. The van der Waals surface area contributed by atoms with Gasteiger partial charge in [-0.15, -0.1) is 6.42 Å². The smallest absolute Gasteiger partial charge is 0.0854 e. The summed E-state index contributed by atoms with van der Waals surface area (Å²) in [6.07, 6.45) is 6.74. The van der Waals surface area contributed by atoms with E-state index >= 15 is 0 Å². The third-order valence-corrected chi connectivity index (χ3v) is 2.99. The molecule has 1 saturated heterocycles. The van der Waals surface area contributed by atoms with Gasteiger partial charge >= 0.3 is 0 Å². The highest BCUT2D eigenvalue weighted by Gasteiger charge is 2.25. The van der Waals surface area contributed by atoms with E-state index in [1.165, 1.54) is 13.0 Å². The number of rotatable bonds is 2. The van der Waals surface area contributed by atoms with Gasteiger partial charge in [0.1, 0.15) is 0 Å². The topological polar surface area (TPSA) is 18.5 Å². The Morgan fingerprint density at radius 2 is 2.14 bits per heavy atom. The van der Waals surface area contributed by atoms with Gasteiger partial charge in [-0.05, 0) is 40.7 Å². The Morgan fingerprint density at radius 1 is 1.43 bits per heavy atom. The van der Waals surface area contributed by atoms with Crippen LogP contribution in [0.2, 0.25) is 0 Å². The summed E-state index contributed by atoms with van der Waals surface area (Å²) in [4.78, 5) is 4.72. The molecular formula is C11H21N3. The lowest BCUT2D eigenvalue weighted by Crippen LogP contribution is -2.50. The van der Waals surface area contributed by atoms with E-state index in [0.29, 0.717) is 6.04 Å². The molecule has 2 unspecified atom stereocenters. The van der Waals surface area contributed by atoms with Crippen LogP contribution < -0.4 is 5.32 Å². The van der Waals surface area contributed by atoms with Crippen molar-refractivity contribution in [3.63, 3.8) is 0 Å². The van der Waals surface area contributed by atoms with Gasteiger partial charge in [-0.1, -0.05) is 5.92 Å². The second kappa shape index (κ2) is 5.35. The van der Waals surface area contributed by atoms with Crippen LogP contribution in [0.5, 0.6) is 0 Å². The first kappa shape index (κ1) is 11.5. The van der Waals surface area contributed by atoms with Crippen molar-refractivity contribution in [1.29, 1.82) is 0 Å². The van der Waals surface area contributed by atoms with Crippen LogP contribution in [0.3, 0.4) is 0 Å². The van der Waals surface area contributed by atoms with E-state index in [1.807, 2.05) is 7.05 Å². The maximum atomic E-state index is 5.52. The normalized spacial score (nSPS) is 28.0. The molecule has 0 amide bonds. The van der Waals surface area contributed by atoms with Crippen LogP contribution in [-0.2, 0) is 0 Å². The molecule has 80 valence electrons. The van der Waals surface area contributed by atoms with Crippen molar-refractivity contribution in [2.45, 2.75) is 18.5 Å². The van der Waals surface area contributed by atoms with E-state index in [2.05, 4.69) is 35.1 Å². The highest BCUT2D eigenvalue weighted by atomic mass is 15.2. The van der Waals surface area contributed by atoms with Crippen molar-refractivity contribution in [2.75, 3.05) is 40.8 Å². The van der Waals surface area contributed by atoms with Crippen molar-refractivity contribution in [3.8, 4) is 12.3 Å². The lowest BCUT2D eigenvalue weighted by atomic mass is 10.1. The van der Waals surface area contributed by atoms with Gasteiger partial charge in [-0.25, -0.2) is 0 Å². The molecule has 3 nitrogen and oxygen atoms in total. The van der Waals surface area contributed by atoms with Gasteiger partial charge in [-0.2, -0.15) is 0 Å². The molecule has 0 spiro atoms. The number of nitrogens with one attached hydrogen (secondary N) is 1. The summed E-state index contributed by atoms with van der Waals surface area (Å²) in [7, 11) is 6.25. The molecule has 1 N–H and O–H groups in total. The Labute approximate surface area is 87.5 Å². The van der Waals surface area contributed by atoms with Gasteiger partial charge in [0.05, 0.1) is 6.04 Å². The van der Waals surface area contributed by atoms with Crippen molar-refractivity contribution >= 4 is 0 Å². The zero-order valence-corrected chi connectivity index (χ0v) is 9.45. The monoisotopic (exact) mass is 195 g/mol. The average Bonchev–Trinajstić information content (AvgIpc) is 2.32. The largest absolute Gasteiger partial charge is 0.305 e. The highest BCUT2D eigenvalue weighted by molar-refractivity contribution is 5.06. The zero-order chi connectivity index (χ0) is 10.6. The molecule has 1 aliphatic heterocycles. The number of terminal acetylenes is 1. The molecule has 1 aliphatic rings. The molecule has 0 aliphatic carbocycles. The fourth-order valence-corrected chi connectivity index (χ4v) is 2.05. The molecule has 1 heterocycles. The Balaban J connectivity index is 2.67. The van der Waals surface area contributed by atoms with Gasteiger partial charge in [-0.3, -0.25) is 4.90 Å². The van der Waals surface area contributed by atoms with Crippen molar-refractivity contribution in [2.24, 2.45) is 0 Å². The van der Waals surface area contributed by atoms with Crippen LogP contribution in [0.15, 0.2) is 0 Å². The Kier molecular flexibility index (Phi) is 4.40. The molecule has 1 fully saturated rings. The summed E-state index contributed by atoms with van der Waals surface area (Å²) in [6, 6.07) is 0.582. The third-order valence-electron chi connectivity index (χ3n) is 2.99. The first-order chi connectivity index (χ1) is 6.69. The van der Waals surface area contributed by atoms with E-state index in [9.17, 15) is 0 Å². The molecule has 0 saturated carbocycles. The SMILES string of the molecule is C#CC(NC)C1CN(C)CCCN1C. The van der Waals surface area contributed by atoms with Crippen LogP contribution in [0, 0.1) is 12.3 Å². The van der Waals surface area contributed by atoms with Gasteiger partial charge < -0.3 is 10.2 Å². The molecule has 0 aromatic heterocycles. The second-order valence-electron chi connectivity index (χ2n) is 4.10. The average molecular weight is 195 g/mol. The molecule has 0 aromatic rings. The van der Waals surface area contributed by atoms with Crippen molar-refractivity contribution < 1.29 is 0 Å². The zero-order valence-electron chi connectivity index (χ0n) is 9.45. The predicted octanol–water partition coefficient (Wildman–Crippen LogP) is -0.156. The first-order valence-electron chi connectivity index (χ1n) is 5.21. The summed E-state index contributed by atoms with van der Waals surface area (Å²) in [5.41, 5.74) is 0. The lowest BCUT2D eigenvalue weighted by Gasteiger charge is -2.31. The van der Waals surface area contributed by atoms with Crippen LogP contribution in [0.1, 0.15) is 6.42 Å². The van der Waals surface area contributed by atoms with E-state index in [1.54, 1.807) is 0 Å². The fourth-order valence-electron chi connectivity index (χ4n) is 2.05. The number of hydrogen-bond donors (Lipinski definition) is 1. The minimum absolute atomic E-state index is 0.153. The van der Waals surface area contributed by atoms with Crippen LogP contribution in [0.4, 0.5) is 0 Å². The highest BCUT2D eigenvalue weighted by Crippen LogP contribution is 2.09. The van der Waals surface area contributed by atoms with Gasteiger partial charge in [0.15, 0.2) is 0 Å². The second-order valence-corrected chi connectivity index (χ2v) is 4.10. The minimum atomic E-state index is 0.153. The Bertz CT molecular complexity index is 209. The maximum absolute atomic E-state index is 5.52. The molecule has 1 rings (SSSR count). The van der Waals surface area contributed by atoms with Crippen LogP contribution >= 0.6 is 0 Å². The standard InChI is InChI=1S/C11H21N3/c1-5-10(12-2)11-9-13(3)7-6-8-14(11)4/h1,10-12H,6-9H2,2-4H3. The van der Waals surface area contributed by atoms with Crippen LogP contribution in [-0.4, -0.2) is 62.7 Å². The summed E-state index contributed by atoms with van der Waals surface area (Å²) in [5, 5.41) is 3.20. The number of nitrogens with zero attached hydrogens (tertiary/aromatic N) is 2. The Hall–Kier alpha value is -0.560. The molecule has 14 heavy (non-hydrogen) atoms. The van der Waals surface area contributed by atoms with E-state index < -0.39 is 0 Å². The molecule has 0 bridgehead atoms. The number of hydrogen-bond acceptors (Lipinski definition) is 3.